The standard InChI is InChI=1S/C17H21NO/c1-3-12(2)17(19)18-15-10-6-4-8-13(15)14-9-5-7-11-16(14)18/h4,6,8,10,12H,3,5,7,9,11H2,1-2H3. The Bertz CT molecular complexity index is 623. The quantitative estimate of drug-likeness (QED) is 0.788. The van der Waals surface area contributed by atoms with Crippen molar-refractivity contribution in [2.24, 2.45) is 5.92 Å². The van der Waals surface area contributed by atoms with E-state index in [4.69, 9.17) is 0 Å². The van der Waals surface area contributed by atoms with E-state index in [2.05, 4.69) is 25.1 Å². The fraction of sp³-hybridized carbons (Fsp3) is 0.471. The van der Waals surface area contributed by atoms with E-state index >= 15 is 0 Å². The Morgan fingerprint density at radius 1 is 1.26 bits per heavy atom. The van der Waals surface area contributed by atoms with Crippen LogP contribution < -0.4 is 0 Å². The van der Waals surface area contributed by atoms with E-state index in [1.807, 2.05) is 17.6 Å². The first-order valence-electron chi connectivity index (χ1n) is 7.39. The molecule has 1 aromatic heterocycles. The van der Waals surface area contributed by atoms with E-state index in [9.17, 15) is 4.79 Å². The molecule has 2 nitrogen and oxygen atoms in total. The topological polar surface area (TPSA) is 22.0 Å². The van der Waals surface area contributed by atoms with Crippen molar-refractivity contribution in [2.45, 2.75) is 46.0 Å². The van der Waals surface area contributed by atoms with E-state index in [1.54, 1.807) is 0 Å². The molecule has 2 heteroatoms. The van der Waals surface area contributed by atoms with Crippen LogP contribution in [0.4, 0.5) is 0 Å². The molecule has 2 aromatic rings. The average molecular weight is 255 g/mol. The summed E-state index contributed by atoms with van der Waals surface area (Å²) in [6.07, 6.45) is 5.53. The van der Waals surface area contributed by atoms with Gasteiger partial charge in [-0.3, -0.25) is 9.36 Å². The largest absolute Gasteiger partial charge is 0.284 e. The lowest BCUT2D eigenvalue weighted by Crippen LogP contribution is -2.22. The molecule has 1 aliphatic carbocycles. The molecule has 19 heavy (non-hydrogen) atoms. The molecule has 1 aliphatic rings. The minimum absolute atomic E-state index is 0.0989. The Morgan fingerprint density at radius 2 is 2.00 bits per heavy atom. The van der Waals surface area contributed by atoms with Crippen molar-refractivity contribution < 1.29 is 4.79 Å². The predicted octanol–water partition coefficient (Wildman–Crippen LogP) is 4.21. The van der Waals surface area contributed by atoms with Gasteiger partial charge in [0.1, 0.15) is 0 Å². The lowest BCUT2D eigenvalue weighted by Gasteiger charge is -2.17. The lowest BCUT2D eigenvalue weighted by molar-refractivity contribution is 0.0843. The van der Waals surface area contributed by atoms with Gasteiger partial charge in [-0.2, -0.15) is 0 Å². The molecule has 0 fully saturated rings. The summed E-state index contributed by atoms with van der Waals surface area (Å²) in [6, 6.07) is 8.37. The second-order valence-electron chi connectivity index (χ2n) is 5.63. The Labute approximate surface area is 114 Å². The maximum Gasteiger partial charge on any atom is 0.234 e. The number of fused-ring (bicyclic) bond motifs is 3. The molecule has 0 bridgehead atoms. The second-order valence-corrected chi connectivity index (χ2v) is 5.63. The van der Waals surface area contributed by atoms with E-state index in [0.29, 0.717) is 0 Å². The first-order chi connectivity index (χ1) is 9.24. The van der Waals surface area contributed by atoms with Crippen molar-refractivity contribution in [3.8, 4) is 0 Å². The number of carbonyl (C=O) groups excluding carboxylic acids is 1. The van der Waals surface area contributed by atoms with Gasteiger partial charge < -0.3 is 0 Å². The summed E-state index contributed by atoms with van der Waals surface area (Å²) >= 11 is 0. The van der Waals surface area contributed by atoms with Crippen molar-refractivity contribution >= 4 is 16.8 Å². The number of carbonyl (C=O) groups is 1. The summed E-state index contributed by atoms with van der Waals surface area (Å²) < 4.78 is 2.01. The minimum Gasteiger partial charge on any atom is -0.284 e. The molecule has 0 radical (unpaired) electrons. The van der Waals surface area contributed by atoms with Crippen molar-refractivity contribution in [1.82, 2.24) is 4.57 Å². The van der Waals surface area contributed by atoms with Crippen LogP contribution in [0.15, 0.2) is 24.3 Å². The third kappa shape index (κ3) is 1.90. The number of aromatic nitrogens is 1. The van der Waals surface area contributed by atoms with E-state index < -0.39 is 0 Å². The van der Waals surface area contributed by atoms with Gasteiger partial charge in [0.2, 0.25) is 5.91 Å². The first kappa shape index (κ1) is 12.5. The number of aryl methyl sites for hydroxylation is 1. The molecular formula is C17H21NO. The summed E-state index contributed by atoms with van der Waals surface area (Å²) in [4.78, 5) is 12.7. The van der Waals surface area contributed by atoms with Gasteiger partial charge >= 0.3 is 0 Å². The molecular weight excluding hydrogens is 234 g/mol. The van der Waals surface area contributed by atoms with Gasteiger partial charge in [0.25, 0.3) is 0 Å². The van der Waals surface area contributed by atoms with E-state index in [-0.39, 0.29) is 11.8 Å². The Balaban J connectivity index is 2.25. The van der Waals surface area contributed by atoms with Crippen molar-refractivity contribution in [2.75, 3.05) is 0 Å². The van der Waals surface area contributed by atoms with Crippen LogP contribution in [-0.2, 0) is 12.8 Å². The van der Waals surface area contributed by atoms with Gasteiger partial charge in [-0.15, -0.1) is 0 Å². The van der Waals surface area contributed by atoms with E-state index in [1.165, 1.54) is 29.5 Å². The maximum absolute atomic E-state index is 12.7. The van der Waals surface area contributed by atoms with Crippen LogP contribution in [0.1, 0.15) is 49.2 Å². The molecule has 0 amide bonds. The van der Waals surface area contributed by atoms with Gasteiger partial charge in [0.05, 0.1) is 5.52 Å². The minimum atomic E-state index is 0.0989. The summed E-state index contributed by atoms with van der Waals surface area (Å²) in [5.74, 6) is 0.365. The molecule has 0 N–H and O–H groups in total. The molecule has 100 valence electrons. The monoisotopic (exact) mass is 255 g/mol. The van der Waals surface area contributed by atoms with Gasteiger partial charge in [-0.05, 0) is 43.7 Å². The SMILES string of the molecule is CCC(C)C(=O)n1c2c(c3ccccc31)CCCC2. The zero-order valence-corrected chi connectivity index (χ0v) is 11.8. The van der Waals surface area contributed by atoms with Crippen molar-refractivity contribution in [3.05, 3.63) is 35.5 Å². The highest BCUT2D eigenvalue weighted by atomic mass is 16.2. The molecule has 0 aliphatic heterocycles. The lowest BCUT2D eigenvalue weighted by atomic mass is 9.95. The van der Waals surface area contributed by atoms with Crippen LogP contribution in [0.5, 0.6) is 0 Å². The Kier molecular flexibility index (Phi) is 3.17. The average Bonchev–Trinajstić information content (AvgIpc) is 2.80. The number of para-hydroxylation sites is 1. The zero-order chi connectivity index (χ0) is 13.4. The number of benzene rings is 1. The third-order valence-corrected chi connectivity index (χ3v) is 4.43. The molecule has 1 heterocycles. The molecule has 1 unspecified atom stereocenters. The molecule has 0 saturated carbocycles. The number of rotatable bonds is 2. The van der Waals surface area contributed by atoms with Crippen LogP contribution in [0.25, 0.3) is 10.9 Å². The molecule has 0 spiro atoms. The maximum atomic E-state index is 12.7. The highest BCUT2D eigenvalue weighted by Gasteiger charge is 2.24. The Hall–Kier alpha value is -1.57. The first-order valence-corrected chi connectivity index (χ1v) is 7.39. The zero-order valence-electron chi connectivity index (χ0n) is 11.8. The predicted molar refractivity (Wildman–Crippen MR) is 78.7 cm³/mol. The second kappa shape index (κ2) is 4.84. The van der Waals surface area contributed by atoms with Gasteiger partial charge in [0.15, 0.2) is 0 Å². The fourth-order valence-electron chi connectivity index (χ4n) is 3.14. The van der Waals surface area contributed by atoms with Crippen LogP contribution in [0.3, 0.4) is 0 Å². The summed E-state index contributed by atoms with van der Waals surface area (Å²) in [5.41, 5.74) is 3.80. The number of nitrogens with zero attached hydrogens (tertiary/aromatic N) is 1. The van der Waals surface area contributed by atoms with Crippen LogP contribution in [0, 0.1) is 5.92 Å². The number of hydrogen-bond donors (Lipinski definition) is 0. The normalized spacial score (nSPS) is 16.3. The van der Waals surface area contributed by atoms with Crippen molar-refractivity contribution in [3.63, 3.8) is 0 Å². The summed E-state index contributed by atoms with van der Waals surface area (Å²) in [7, 11) is 0. The fourth-order valence-corrected chi connectivity index (χ4v) is 3.14. The van der Waals surface area contributed by atoms with Gasteiger partial charge in [-0.25, -0.2) is 0 Å². The molecule has 1 atom stereocenters. The Morgan fingerprint density at radius 3 is 2.79 bits per heavy atom. The summed E-state index contributed by atoms with van der Waals surface area (Å²) in [6.45, 7) is 4.12. The number of hydrogen-bond acceptors (Lipinski definition) is 1. The molecule has 0 saturated heterocycles. The smallest absolute Gasteiger partial charge is 0.234 e. The van der Waals surface area contributed by atoms with Crippen LogP contribution in [-0.4, -0.2) is 10.5 Å². The van der Waals surface area contributed by atoms with Crippen LogP contribution >= 0.6 is 0 Å². The molecule has 3 rings (SSSR count). The highest BCUT2D eigenvalue weighted by molar-refractivity contribution is 5.97. The van der Waals surface area contributed by atoms with Gasteiger partial charge in [0, 0.05) is 17.0 Å². The van der Waals surface area contributed by atoms with Crippen LogP contribution in [0.2, 0.25) is 0 Å². The van der Waals surface area contributed by atoms with E-state index in [0.717, 1.165) is 24.8 Å². The highest BCUT2D eigenvalue weighted by Crippen LogP contribution is 2.32. The van der Waals surface area contributed by atoms with Crippen molar-refractivity contribution in [1.29, 1.82) is 0 Å². The summed E-state index contributed by atoms with van der Waals surface area (Å²) in [5, 5.41) is 1.29. The molecule has 1 aromatic carbocycles. The third-order valence-electron chi connectivity index (χ3n) is 4.43. The van der Waals surface area contributed by atoms with Gasteiger partial charge in [-0.1, -0.05) is 32.0 Å².